The highest BCUT2D eigenvalue weighted by molar-refractivity contribution is 6.02. The highest BCUT2D eigenvalue weighted by Crippen LogP contribution is 2.31. The normalized spacial score (nSPS) is 14.8. The molecule has 2 N–H and O–H groups in total. The first-order chi connectivity index (χ1) is 17.0. The minimum absolute atomic E-state index is 0.248. The number of aromatic nitrogens is 2. The highest BCUT2D eigenvalue weighted by atomic mass is 16.6. The summed E-state index contributed by atoms with van der Waals surface area (Å²) >= 11 is 0. The van der Waals surface area contributed by atoms with E-state index in [1.54, 1.807) is 23.1 Å². The number of carbonyl (C=O) groups is 3. The molecule has 1 atom stereocenters. The Morgan fingerprint density at radius 1 is 1.11 bits per heavy atom. The van der Waals surface area contributed by atoms with Crippen LogP contribution in [0.3, 0.4) is 0 Å². The quantitative estimate of drug-likeness (QED) is 0.502. The second-order valence-electron chi connectivity index (χ2n) is 8.26. The van der Waals surface area contributed by atoms with Crippen LogP contribution in [-0.2, 0) is 15.9 Å². The Morgan fingerprint density at radius 3 is 2.74 bits per heavy atom. The van der Waals surface area contributed by atoms with Gasteiger partial charge in [0.05, 0.1) is 42.8 Å². The van der Waals surface area contributed by atoms with Gasteiger partial charge in [0.15, 0.2) is 0 Å². The van der Waals surface area contributed by atoms with Crippen molar-refractivity contribution in [3.63, 3.8) is 0 Å². The van der Waals surface area contributed by atoms with Gasteiger partial charge < -0.3 is 20.1 Å². The van der Waals surface area contributed by atoms with Crippen molar-refractivity contribution in [2.75, 3.05) is 30.5 Å². The molecule has 10 nitrogen and oxygen atoms in total. The summed E-state index contributed by atoms with van der Waals surface area (Å²) in [6, 6.07) is 12.2. The number of rotatable bonds is 6. The van der Waals surface area contributed by atoms with Crippen molar-refractivity contribution in [1.82, 2.24) is 15.1 Å². The zero-order valence-corrected chi connectivity index (χ0v) is 19.8. The van der Waals surface area contributed by atoms with E-state index >= 15 is 0 Å². The maximum absolute atomic E-state index is 12.9. The molecular formula is C25H29N5O5. The second-order valence-corrected chi connectivity index (χ2v) is 8.26. The number of hydrogen-bond donors (Lipinski definition) is 2. The minimum Gasteiger partial charge on any atom is -0.451 e. The van der Waals surface area contributed by atoms with E-state index in [1.807, 2.05) is 31.2 Å². The molecule has 2 heterocycles. The van der Waals surface area contributed by atoms with Gasteiger partial charge in [-0.1, -0.05) is 37.6 Å². The standard InChI is InChI=1S/C25H29N5O5/c1-3-4-14-35-24(32)29-18(13-12-17-8-5-6-10-21(17)29)15-26-23(31)28-20-9-7-11-22-19(20)16-27-30(22)25(33)34-2/h5-11,16,18H,3-4,12-15H2,1-2H3,(H2,26,28,31). The van der Waals surface area contributed by atoms with Gasteiger partial charge in [-0.3, -0.25) is 4.90 Å². The summed E-state index contributed by atoms with van der Waals surface area (Å²) in [5, 5.41) is 10.3. The summed E-state index contributed by atoms with van der Waals surface area (Å²) in [6.07, 6.45) is 3.69. The third kappa shape index (κ3) is 5.21. The largest absolute Gasteiger partial charge is 0.451 e. The summed E-state index contributed by atoms with van der Waals surface area (Å²) in [5.74, 6) is 0. The predicted octanol–water partition coefficient (Wildman–Crippen LogP) is 4.53. The predicted molar refractivity (Wildman–Crippen MR) is 132 cm³/mol. The van der Waals surface area contributed by atoms with Crippen molar-refractivity contribution in [2.24, 2.45) is 0 Å². The van der Waals surface area contributed by atoms with E-state index in [-0.39, 0.29) is 12.6 Å². The van der Waals surface area contributed by atoms with E-state index in [1.165, 1.54) is 13.3 Å². The van der Waals surface area contributed by atoms with Crippen molar-refractivity contribution < 1.29 is 23.9 Å². The monoisotopic (exact) mass is 479 g/mol. The summed E-state index contributed by atoms with van der Waals surface area (Å²) in [6.45, 7) is 2.65. The average molecular weight is 480 g/mol. The SMILES string of the molecule is CCCCOC(=O)N1c2ccccc2CCC1CNC(=O)Nc1cccc2c1cnn2C(=O)OC. The number of anilines is 2. The van der Waals surface area contributed by atoms with E-state index in [2.05, 4.69) is 15.7 Å². The van der Waals surface area contributed by atoms with Crippen LogP contribution in [0.4, 0.5) is 25.8 Å². The van der Waals surface area contributed by atoms with Gasteiger partial charge in [0, 0.05) is 11.9 Å². The van der Waals surface area contributed by atoms with Crippen LogP contribution in [0.2, 0.25) is 0 Å². The van der Waals surface area contributed by atoms with Crippen LogP contribution in [0, 0.1) is 0 Å². The molecule has 0 bridgehead atoms. The van der Waals surface area contributed by atoms with Gasteiger partial charge in [-0.15, -0.1) is 0 Å². The molecule has 35 heavy (non-hydrogen) atoms. The van der Waals surface area contributed by atoms with Crippen molar-refractivity contribution in [2.45, 2.75) is 38.6 Å². The number of nitrogens with zero attached hydrogens (tertiary/aromatic N) is 3. The summed E-state index contributed by atoms with van der Waals surface area (Å²) in [7, 11) is 1.28. The molecule has 1 aliphatic rings. The molecule has 0 fully saturated rings. The Balaban J connectivity index is 1.45. The fraction of sp³-hybridized carbons (Fsp3) is 0.360. The molecule has 3 amide bonds. The number of carbonyl (C=O) groups excluding carboxylic acids is 3. The molecule has 3 aromatic rings. The van der Waals surface area contributed by atoms with Gasteiger partial charge in [0.25, 0.3) is 0 Å². The van der Waals surface area contributed by atoms with Crippen LogP contribution in [-0.4, -0.2) is 54.3 Å². The molecule has 10 heteroatoms. The lowest BCUT2D eigenvalue weighted by atomic mass is 9.96. The number of ether oxygens (including phenoxy) is 2. The van der Waals surface area contributed by atoms with Gasteiger partial charge in [-0.2, -0.15) is 9.78 Å². The van der Waals surface area contributed by atoms with Crippen molar-refractivity contribution in [3.8, 4) is 0 Å². The number of aryl methyl sites for hydroxylation is 1. The average Bonchev–Trinajstić information content (AvgIpc) is 3.32. The van der Waals surface area contributed by atoms with E-state index in [4.69, 9.17) is 9.47 Å². The van der Waals surface area contributed by atoms with Gasteiger partial charge in [0.1, 0.15) is 0 Å². The number of unbranched alkanes of at least 4 members (excludes halogenated alkanes) is 1. The Morgan fingerprint density at radius 2 is 1.94 bits per heavy atom. The van der Waals surface area contributed by atoms with Gasteiger partial charge in [0.2, 0.25) is 0 Å². The van der Waals surface area contributed by atoms with Crippen LogP contribution >= 0.6 is 0 Å². The van der Waals surface area contributed by atoms with Crippen molar-refractivity contribution in [3.05, 3.63) is 54.2 Å². The van der Waals surface area contributed by atoms with E-state index in [0.29, 0.717) is 29.6 Å². The van der Waals surface area contributed by atoms with Gasteiger partial charge >= 0.3 is 18.2 Å². The molecule has 1 aromatic heterocycles. The third-order valence-electron chi connectivity index (χ3n) is 5.99. The van der Waals surface area contributed by atoms with E-state index in [0.717, 1.165) is 35.2 Å². The fourth-order valence-electron chi connectivity index (χ4n) is 4.19. The molecule has 1 unspecified atom stereocenters. The molecular weight excluding hydrogens is 450 g/mol. The van der Waals surface area contributed by atoms with Crippen LogP contribution in [0.25, 0.3) is 10.9 Å². The minimum atomic E-state index is -0.620. The fourth-order valence-corrected chi connectivity index (χ4v) is 4.19. The topological polar surface area (TPSA) is 115 Å². The Hall–Kier alpha value is -4.08. The van der Waals surface area contributed by atoms with Crippen LogP contribution in [0.15, 0.2) is 48.7 Å². The number of para-hydroxylation sites is 1. The number of hydrogen-bond acceptors (Lipinski definition) is 6. The first-order valence-corrected chi connectivity index (χ1v) is 11.7. The molecule has 1 aliphatic heterocycles. The van der Waals surface area contributed by atoms with E-state index in [9.17, 15) is 14.4 Å². The van der Waals surface area contributed by atoms with Crippen molar-refractivity contribution >= 4 is 40.5 Å². The molecule has 4 rings (SSSR count). The Labute approximate surface area is 203 Å². The first-order valence-electron chi connectivity index (χ1n) is 11.7. The van der Waals surface area contributed by atoms with Crippen LogP contribution < -0.4 is 15.5 Å². The summed E-state index contributed by atoms with van der Waals surface area (Å²) in [5.41, 5.74) is 2.90. The highest BCUT2D eigenvalue weighted by Gasteiger charge is 2.32. The second kappa shape index (κ2) is 10.9. The van der Waals surface area contributed by atoms with E-state index < -0.39 is 18.2 Å². The molecule has 184 valence electrons. The summed E-state index contributed by atoms with van der Waals surface area (Å²) in [4.78, 5) is 39.2. The maximum Gasteiger partial charge on any atom is 0.434 e. The zero-order valence-electron chi connectivity index (χ0n) is 19.8. The summed E-state index contributed by atoms with van der Waals surface area (Å²) < 4.78 is 11.4. The third-order valence-corrected chi connectivity index (χ3v) is 5.99. The number of nitrogens with one attached hydrogen (secondary N) is 2. The lowest BCUT2D eigenvalue weighted by Gasteiger charge is -2.36. The van der Waals surface area contributed by atoms with Gasteiger partial charge in [-0.25, -0.2) is 14.4 Å². The van der Waals surface area contributed by atoms with Crippen LogP contribution in [0.1, 0.15) is 31.7 Å². The first kappa shape index (κ1) is 24.1. The Kier molecular flexibility index (Phi) is 7.49. The van der Waals surface area contributed by atoms with Crippen LogP contribution in [0.5, 0.6) is 0 Å². The number of benzene rings is 2. The molecule has 2 aromatic carbocycles. The molecule has 0 radical (unpaired) electrons. The van der Waals surface area contributed by atoms with Crippen molar-refractivity contribution in [1.29, 1.82) is 0 Å². The number of amides is 3. The smallest absolute Gasteiger partial charge is 0.434 e. The number of methoxy groups -OCH3 is 1. The van der Waals surface area contributed by atoms with Gasteiger partial charge in [-0.05, 0) is 43.0 Å². The number of urea groups is 1. The molecule has 0 saturated carbocycles. The molecule has 0 saturated heterocycles. The molecule has 0 aliphatic carbocycles. The Bertz CT molecular complexity index is 1220. The number of fused-ring (bicyclic) bond motifs is 2. The zero-order chi connectivity index (χ0) is 24.8. The molecule has 0 spiro atoms. The lowest BCUT2D eigenvalue weighted by molar-refractivity contribution is 0.148. The maximum atomic E-state index is 12.9. The lowest BCUT2D eigenvalue weighted by Crippen LogP contribution is -2.50.